The molecule has 212 valence electrons. The second kappa shape index (κ2) is 12.4. The van der Waals surface area contributed by atoms with Gasteiger partial charge in [-0.2, -0.15) is 0 Å². The standard InChI is InChI=1S/C32H39FN2O3SSi/c1-40(2,3)17-16-39(37)34-32(36)28-18-27(24-14-15-24)30(19-29(28)33)38-22-23-20-35(21-23)31(25-10-6-4-7-11-25)26-12-8-5-9-13-26/h4-13,18-19,23-24,31H,14-17,20-22H2,1-3H3,(H,34,36). The maximum atomic E-state index is 15.1. The van der Waals surface area contributed by atoms with Crippen molar-refractivity contribution in [2.24, 2.45) is 5.92 Å². The van der Waals surface area contributed by atoms with Gasteiger partial charge in [-0.05, 0) is 47.6 Å². The molecule has 1 heterocycles. The van der Waals surface area contributed by atoms with Crippen molar-refractivity contribution < 1.29 is 18.1 Å². The number of hydrogen-bond acceptors (Lipinski definition) is 4. The summed E-state index contributed by atoms with van der Waals surface area (Å²) in [6.07, 6.45) is 2.00. The molecule has 0 radical (unpaired) electrons. The van der Waals surface area contributed by atoms with E-state index in [-0.39, 0.29) is 17.5 Å². The number of nitrogens with zero attached hydrogens (tertiary/aromatic N) is 1. The summed E-state index contributed by atoms with van der Waals surface area (Å²) < 4.78 is 36.2. The fourth-order valence-electron chi connectivity index (χ4n) is 5.21. The van der Waals surface area contributed by atoms with Crippen LogP contribution in [0.25, 0.3) is 0 Å². The molecule has 1 aliphatic carbocycles. The zero-order valence-corrected chi connectivity index (χ0v) is 25.4. The molecule has 1 aliphatic heterocycles. The molecule has 1 unspecified atom stereocenters. The Morgan fingerprint density at radius 3 is 2.17 bits per heavy atom. The van der Waals surface area contributed by atoms with Gasteiger partial charge in [0.05, 0.1) is 18.2 Å². The van der Waals surface area contributed by atoms with Crippen molar-refractivity contribution >= 4 is 25.0 Å². The van der Waals surface area contributed by atoms with Gasteiger partial charge in [0.1, 0.15) is 22.6 Å². The van der Waals surface area contributed by atoms with Crippen molar-refractivity contribution in [3.63, 3.8) is 0 Å². The summed E-state index contributed by atoms with van der Waals surface area (Å²) in [7, 11) is -2.90. The van der Waals surface area contributed by atoms with E-state index < -0.39 is 30.8 Å². The smallest absolute Gasteiger partial charge is 0.265 e. The van der Waals surface area contributed by atoms with E-state index >= 15 is 4.39 Å². The number of hydrogen-bond donors (Lipinski definition) is 1. The average Bonchev–Trinajstić information content (AvgIpc) is 3.75. The Balaban J connectivity index is 1.22. The highest BCUT2D eigenvalue weighted by Crippen LogP contribution is 2.45. The molecule has 0 bridgehead atoms. The summed E-state index contributed by atoms with van der Waals surface area (Å²) in [5.74, 6) is 0.273. The Morgan fingerprint density at radius 1 is 1.02 bits per heavy atom. The van der Waals surface area contributed by atoms with Gasteiger partial charge < -0.3 is 4.74 Å². The molecule has 2 aliphatic rings. The zero-order chi connectivity index (χ0) is 28.3. The maximum Gasteiger partial charge on any atom is 0.265 e. The maximum absolute atomic E-state index is 15.1. The second-order valence-electron chi connectivity index (χ2n) is 12.3. The average molecular weight is 579 g/mol. The lowest BCUT2D eigenvalue weighted by Crippen LogP contribution is -2.51. The first-order valence-corrected chi connectivity index (χ1v) is 19.2. The molecule has 1 saturated carbocycles. The summed E-state index contributed by atoms with van der Waals surface area (Å²) in [4.78, 5) is 15.2. The second-order valence-corrected chi connectivity index (χ2v) is 19.2. The van der Waals surface area contributed by atoms with E-state index in [0.29, 0.717) is 24.0 Å². The Kier molecular flexibility index (Phi) is 8.88. The number of nitrogens with one attached hydrogen (secondary N) is 1. The van der Waals surface area contributed by atoms with Gasteiger partial charge >= 0.3 is 0 Å². The minimum Gasteiger partial charge on any atom is -0.493 e. The van der Waals surface area contributed by atoms with Gasteiger partial charge in [-0.25, -0.2) is 8.60 Å². The molecule has 0 spiro atoms. The molecular formula is C32H39FN2O3SSi. The van der Waals surface area contributed by atoms with Gasteiger partial charge in [0.15, 0.2) is 0 Å². The van der Waals surface area contributed by atoms with E-state index in [2.05, 4.69) is 77.8 Å². The number of amides is 1. The fraction of sp³-hybridized carbons (Fsp3) is 0.406. The first-order valence-electron chi connectivity index (χ1n) is 14.2. The number of halogens is 1. The van der Waals surface area contributed by atoms with Crippen LogP contribution in [0.3, 0.4) is 0 Å². The van der Waals surface area contributed by atoms with E-state index in [9.17, 15) is 9.00 Å². The molecule has 40 heavy (non-hydrogen) atoms. The monoisotopic (exact) mass is 578 g/mol. The third-order valence-corrected chi connectivity index (χ3v) is 10.8. The number of rotatable bonds is 12. The van der Waals surface area contributed by atoms with Gasteiger partial charge in [0.2, 0.25) is 0 Å². The van der Waals surface area contributed by atoms with Crippen molar-refractivity contribution in [3.8, 4) is 5.75 Å². The molecule has 1 amide bonds. The zero-order valence-electron chi connectivity index (χ0n) is 23.6. The van der Waals surface area contributed by atoms with Crippen LogP contribution in [0.15, 0.2) is 72.8 Å². The molecule has 3 aromatic carbocycles. The van der Waals surface area contributed by atoms with E-state index in [4.69, 9.17) is 4.74 Å². The summed E-state index contributed by atoms with van der Waals surface area (Å²) in [6, 6.07) is 25.1. The normalized spacial score (nSPS) is 16.9. The molecule has 5 nitrogen and oxygen atoms in total. The van der Waals surface area contributed by atoms with Gasteiger partial charge in [0.25, 0.3) is 5.91 Å². The topological polar surface area (TPSA) is 58.6 Å². The predicted molar refractivity (Wildman–Crippen MR) is 162 cm³/mol. The Labute approximate surface area is 240 Å². The number of benzene rings is 3. The number of carbonyl (C=O) groups excluding carboxylic acids is 1. The van der Waals surface area contributed by atoms with Crippen molar-refractivity contribution in [1.29, 1.82) is 0 Å². The van der Waals surface area contributed by atoms with E-state index in [1.807, 2.05) is 12.1 Å². The minimum atomic E-state index is -1.52. The van der Waals surface area contributed by atoms with Crippen LogP contribution in [0.1, 0.15) is 51.8 Å². The molecule has 1 saturated heterocycles. The van der Waals surface area contributed by atoms with Gasteiger partial charge in [-0.1, -0.05) is 80.3 Å². The summed E-state index contributed by atoms with van der Waals surface area (Å²) in [5.41, 5.74) is 3.35. The molecule has 1 atom stereocenters. The third kappa shape index (κ3) is 7.27. The van der Waals surface area contributed by atoms with E-state index in [1.54, 1.807) is 6.07 Å². The lowest BCUT2D eigenvalue weighted by Gasteiger charge is -2.44. The molecule has 5 rings (SSSR count). The van der Waals surface area contributed by atoms with Crippen molar-refractivity contribution in [2.75, 3.05) is 25.4 Å². The van der Waals surface area contributed by atoms with Gasteiger partial charge in [-0.15, -0.1) is 0 Å². The predicted octanol–water partition coefficient (Wildman–Crippen LogP) is 6.54. The van der Waals surface area contributed by atoms with Crippen molar-refractivity contribution in [2.45, 2.75) is 50.5 Å². The molecule has 1 N–H and O–H groups in total. The highest BCUT2D eigenvalue weighted by Gasteiger charge is 2.35. The summed E-state index contributed by atoms with van der Waals surface area (Å²) >= 11 is 0. The van der Waals surface area contributed by atoms with Gasteiger partial charge in [-0.3, -0.25) is 14.4 Å². The van der Waals surface area contributed by atoms with Crippen LogP contribution in [0.2, 0.25) is 25.7 Å². The summed E-state index contributed by atoms with van der Waals surface area (Å²) in [6.45, 7) is 8.85. The van der Waals surface area contributed by atoms with E-state index in [0.717, 1.165) is 37.5 Å². The molecule has 8 heteroatoms. The highest BCUT2D eigenvalue weighted by molar-refractivity contribution is 7.83. The van der Waals surface area contributed by atoms with Crippen LogP contribution in [-0.4, -0.2) is 48.5 Å². The lowest BCUT2D eigenvalue weighted by atomic mass is 9.90. The Hall–Kier alpha value is -2.81. The van der Waals surface area contributed by atoms with Crippen molar-refractivity contribution in [3.05, 3.63) is 101 Å². The SMILES string of the molecule is C[Si](C)(C)CCS(=O)NC(=O)c1cc(C2CC2)c(OCC2CN(C(c3ccccc3)c3ccccc3)C2)cc1F. The molecular weight excluding hydrogens is 540 g/mol. The molecule has 3 aromatic rings. The van der Waals surface area contributed by atoms with Crippen LogP contribution < -0.4 is 9.46 Å². The number of likely N-dealkylation sites (tertiary alicyclic amines) is 1. The quantitative estimate of drug-likeness (QED) is 0.248. The number of carbonyl (C=O) groups is 1. The molecule has 2 fully saturated rings. The third-order valence-electron chi connectivity index (χ3n) is 7.66. The highest BCUT2D eigenvalue weighted by atomic mass is 32.2. The summed E-state index contributed by atoms with van der Waals surface area (Å²) in [5, 5.41) is 0. The lowest BCUT2D eigenvalue weighted by molar-refractivity contribution is 0.0375. The fourth-order valence-corrected chi connectivity index (χ4v) is 8.82. The minimum absolute atomic E-state index is 0.0565. The number of ether oxygens (including phenoxy) is 1. The Morgan fingerprint density at radius 2 is 1.62 bits per heavy atom. The van der Waals surface area contributed by atoms with Crippen LogP contribution in [0.5, 0.6) is 5.75 Å². The largest absolute Gasteiger partial charge is 0.493 e. The van der Waals surface area contributed by atoms with Crippen LogP contribution >= 0.6 is 0 Å². The molecule has 0 aromatic heterocycles. The van der Waals surface area contributed by atoms with E-state index in [1.165, 1.54) is 17.2 Å². The first kappa shape index (κ1) is 28.7. The first-order chi connectivity index (χ1) is 19.2. The van der Waals surface area contributed by atoms with Crippen LogP contribution in [0.4, 0.5) is 4.39 Å². The van der Waals surface area contributed by atoms with Gasteiger partial charge in [0, 0.05) is 38.9 Å². The van der Waals surface area contributed by atoms with Crippen LogP contribution in [-0.2, 0) is 11.0 Å². The Bertz CT molecular complexity index is 1300. The van der Waals surface area contributed by atoms with Crippen molar-refractivity contribution in [1.82, 2.24) is 9.62 Å². The van der Waals surface area contributed by atoms with Crippen LogP contribution in [0, 0.1) is 11.7 Å².